The first kappa shape index (κ1) is 20.6. The second kappa shape index (κ2) is 8.48. The molecule has 0 radical (unpaired) electrons. The third-order valence-corrected chi connectivity index (χ3v) is 5.12. The summed E-state index contributed by atoms with van der Waals surface area (Å²) in [7, 11) is 1.26. The second-order valence-corrected chi connectivity index (χ2v) is 7.39. The molecule has 0 saturated carbocycles. The number of hydrogen-bond donors (Lipinski definition) is 1. The van der Waals surface area contributed by atoms with Gasteiger partial charge in [-0.1, -0.05) is 16.9 Å². The van der Waals surface area contributed by atoms with E-state index in [0.717, 1.165) is 23.1 Å². The van der Waals surface area contributed by atoms with Gasteiger partial charge in [0, 0.05) is 29.1 Å². The normalized spacial score (nSPS) is 10.9. The minimum Gasteiger partial charge on any atom is -0.469 e. The van der Waals surface area contributed by atoms with Gasteiger partial charge in [-0.25, -0.2) is 4.98 Å². The highest BCUT2D eigenvalue weighted by atomic mass is 32.2. The highest BCUT2D eigenvalue weighted by molar-refractivity contribution is 7.99. The lowest BCUT2D eigenvalue weighted by Gasteiger charge is -2.05. The van der Waals surface area contributed by atoms with Crippen molar-refractivity contribution < 1.29 is 18.8 Å². The van der Waals surface area contributed by atoms with Crippen LogP contribution in [0.5, 0.6) is 0 Å². The zero-order valence-corrected chi connectivity index (χ0v) is 17.3. The summed E-state index contributed by atoms with van der Waals surface area (Å²) < 4.78 is 11.6. The summed E-state index contributed by atoms with van der Waals surface area (Å²) in [5.41, 5.74) is 2.06. The number of carbonyl (C=O) groups is 2. The minimum atomic E-state index is -0.495. The Morgan fingerprint density at radius 2 is 2.00 bits per heavy atom. The van der Waals surface area contributed by atoms with Crippen LogP contribution in [0, 0.1) is 20.8 Å². The number of ketones is 1. The Hall–Kier alpha value is -3.14. The maximum absolute atomic E-state index is 12.8. The number of hydrogen-bond acceptors (Lipinski definition) is 8. The molecule has 1 N–H and O–H groups in total. The third-order valence-electron chi connectivity index (χ3n) is 4.24. The van der Waals surface area contributed by atoms with Crippen molar-refractivity contribution in [1.82, 2.24) is 19.7 Å². The van der Waals surface area contributed by atoms with Crippen LogP contribution in [0.1, 0.15) is 33.2 Å². The van der Waals surface area contributed by atoms with Crippen molar-refractivity contribution in [3.8, 4) is 5.82 Å². The summed E-state index contributed by atoms with van der Waals surface area (Å²) in [6.07, 6.45) is -0.111. The van der Waals surface area contributed by atoms with Crippen LogP contribution < -0.4 is 5.56 Å². The van der Waals surface area contributed by atoms with E-state index in [0.29, 0.717) is 17.1 Å². The molecule has 0 spiro atoms. The minimum absolute atomic E-state index is 0.0761. The molecule has 0 bridgehead atoms. The van der Waals surface area contributed by atoms with Gasteiger partial charge in [-0.3, -0.25) is 19.0 Å². The van der Waals surface area contributed by atoms with Gasteiger partial charge < -0.3 is 14.2 Å². The van der Waals surface area contributed by atoms with Crippen molar-refractivity contribution in [1.29, 1.82) is 0 Å². The van der Waals surface area contributed by atoms with Crippen LogP contribution in [0.15, 0.2) is 32.7 Å². The maximum atomic E-state index is 12.8. The van der Waals surface area contributed by atoms with Crippen LogP contribution >= 0.6 is 11.8 Å². The molecule has 0 aliphatic heterocycles. The summed E-state index contributed by atoms with van der Waals surface area (Å²) in [5, 5.41) is 4.28. The van der Waals surface area contributed by atoms with Gasteiger partial charge in [0.15, 0.2) is 16.8 Å². The average molecular weight is 416 g/mol. The van der Waals surface area contributed by atoms with E-state index in [9.17, 15) is 14.4 Å². The molecule has 0 aliphatic rings. The van der Waals surface area contributed by atoms with Gasteiger partial charge in [0.2, 0.25) is 0 Å². The Bertz CT molecular complexity index is 1130. The number of Topliss-reactive ketones (excluding diaryl/α,β-unsaturated/α-hetero) is 1. The molecule has 29 heavy (non-hydrogen) atoms. The predicted molar refractivity (Wildman–Crippen MR) is 106 cm³/mol. The molecule has 0 aliphatic carbocycles. The van der Waals surface area contributed by atoms with Crippen LogP contribution in [-0.4, -0.2) is 44.3 Å². The maximum Gasteiger partial charge on any atom is 0.311 e. The number of aromatic nitrogens is 4. The topological polar surface area (TPSA) is 120 Å². The van der Waals surface area contributed by atoms with E-state index in [2.05, 4.69) is 19.9 Å². The zero-order chi connectivity index (χ0) is 21.1. The number of ether oxygens (including phenoxy) is 1. The summed E-state index contributed by atoms with van der Waals surface area (Å²) >= 11 is 1.10. The van der Waals surface area contributed by atoms with Gasteiger partial charge >= 0.3 is 5.97 Å². The average Bonchev–Trinajstić information content (AvgIpc) is 3.21. The quantitative estimate of drug-likeness (QED) is 0.269. The van der Waals surface area contributed by atoms with Gasteiger partial charge in [-0.2, -0.15) is 0 Å². The van der Waals surface area contributed by atoms with E-state index in [1.165, 1.54) is 13.2 Å². The highest BCUT2D eigenvalue weighted by Gasteiger charge is 2.19. The number of rotatable bonds is 7. The Morgan fingerprint density at radius 3 is 2.66 bits per heavy atom. The molecule has 0 aromatic carbocycles. The highest BCUT2D eigenvalue weighted by Crippen LogP contribution is 2.23. The molecule has 3 rings (SSSR count). The molecule has 152 valence electrons. The van der Waals surface area contributed by atoms with E-state index < -0.39 is 11.5 Å². The number of nitrogens with zero attached hydrogens (tertiary/aromatic N) is 3. The number of methoxy groups -OCH3 is 1. The molecular weight excluding hydrogens is 396 g/mol. The van der Waals surface area contributed by atoms with Crippen LogP contribution in [0.4, 0.5) is 0 Å². The molecule has 9 nitrogen and oxygen atoms in total. The molecule has 0 fully saturated rings. The van der Waals surface area contributed by atoms with Gasteiger partial charge in [0.25, 0.3) is 5.56 Å². The number of aryl methyl sites for hydroxylation is 2. The fourth-order valence-corrected chi connectivity index (χ4v) is 3.71. The molecule has 0 unspecified atom stereocenters. The summed E-state index contributed by atoms with van der Waals surface area (Å²) in [5.74, 6) is 0.761. The largest absolute Gasteiger partial charge is 0.469 e. The van der Waals surface area contributed by atoms with Crippen molar-refractivity contribution in [2.45, 2.75) is 32.3 Å². The van der Waals surface area contributed by atoms with Crippen molar-refractivity contribution in [2.24, 2.45) is 0 Å². The SMILES string of the molecule is COC(=O)Cc1cc(=O)[nH]c(SCC(=O)c2cc(C)n(-c3cc(C)on3)c2C)n1. The number of nitrogens with one attached hydrogen (secondary N) is 1. The van der Waals surface area contributed by atoms with Gasteiger partial charge in [-0.05, 0) is 26.8 Å². The standard InChI is InChI=1S/C19H20N4O5S/c1-10-5-14(12(3)23(10)16-6-11(2)28-22-16)15(24)9-29-19-20-13(7-17(25)21-19)8-18(26)27-4/h5-7H,8-9H2,1-4H3,(H,20,21,25). The lowest BCUT2D eigenvalue weighted by Crippen LogP contribution is -2.14. The van der Waals surface area contributed by atoms with E-state index in [4.69, 9.17) is 4.52 Å². The van der Waals surface area contributed by atoms with Crippen molar-refractivity contribution in [2.75, 3.05) is 12.9 Å². The summed E-state index contributed by atoms with van der Waals surface area (Å²) in [4.78, 5) is 42.7. The van der Waals surface area contributed by atoms with Crippen molar-refractivity contribution >= 4 is 23.5 Å². The number of carbonyl (C=O) groups excluding carboxylic acids is 2. The van der Waals surface area contributed by atoms with Crippen LogP contribution in [0.2, 0.25) is 0 Å². The molecule has 3 aromatic rings. The molecule has 0 saturated heterocycles. The fraction of sp³-hybridized carbons (Fsp3) is 0.316. The van der Waals surface area contributed by atoms with E-state index in [1.807, 2.05) is 18.4 Å². The number of H-pyrrole nitrogens is 1. The summed E-state index contributed by atoms with van der Waals surface area (Å²) in [6.45, 7) is 5.53. The molecular formula is C19H20N4O5S. The third kappa shape index (κ3) is 4.65. The van der Waals surface area contributed by atoms with E-state index >= 15 is 0 Å². The zero-order valence-electron chi connectivity index (χ0n) is 16.4. The lowest BCUT2D eigenvalue weighted by atomic mass is 10.2. The predicted octanol–water partition coefficient (Wildman–Crippen LogP) is 2.16. The molecule has 0 amide bonds. The van der Waals surface area contributed by atoms with Crippen molar-refractivity contribution in [3.63, 3.8) is 0 Å². The molecule has 3 heterocycles. The van der Waals surface area contributed by atoms with E-state index in [-0.39, 0.29) is 28.8 Å². The van der Waals surface area contributed by atoms with Gasteiger partial charge in [0.1, 0.15) is 5.76 Å². The van der Waals surface area contributed by atoms with Gasteiger partial charge in [-0.15, -0.1) is 0 Å². The van der Waals surface area contributed by atoms with Gasteiger partial charge in [0.05, 0.1) is 25.0 Å². The number of aromatic amines is 1. The molecule has 3 aromatic heterocycles. The first-order valence-electron chi connectivity index (χ1n) is 8.74. The van der Waals surface area contributed by atoms with Crippen LogP contribution in [0.25, 0.3) is 5.82 Å². The Morgan fingerprint density at radius 1 is 1.24 bits per heavy atom. The van der Waals surface area contributed by atoms with Crippen LogP contribution in [0.3, 0.4) is 0 Å². The number of esters is 1. The van der Waals surface area contributed by atoms with E-state index in [1.54, 1.807) is 19.1 Å². The van der Waals surface area contributed by atoms with Crippen molar-refractivity contribution in [3.05, 3.63) is 57.0 Å². The Balaban J connectivity index is 1.77. The monoisotopic (exact) mass is 416 g/mol. The van der Waals surface area contributed by atoms with Crippen LogP contribution in [-0.2, 0) is 16.0 Å². The summed E-state index contributed by atoms with van der Waals surface area (Å²) in [6, 6.07) is 4.83. The lowest BCUT2D eigenvalue weighted by molar-refractivity contribution is -0.139. The molecule has 0 atom stereocenters. The Kier molecular flexibility index (Phi) is 6.02. The first-order chi connectivity index (χ1) is 13.8. The second-order valence-electron chi connectivity index (χ2n) is 6.42. The first-order valence-corrected chi connectivity index (χ1v) is 9.72. The smallest absolute Gasteiger partial charge is 0.311 e. The Labute approximate surface area is 170 Å². The number of thioether (sulfide) groups is 1. The molecule has 10 heteroatoms. The fourth-order valence-electron chi connectivity index (χ4n) is 2.93.